The summed E-state index contributed by atoms with van der Waals surface area (Å²) >= 11 is 0. The van der Waals surface area contributed by atoms with E-state index >= 15 is 0 Å². The number of pyridine rings is 1. The van der Waals surface area contributed by atoms with E-state index in [1.165, 1.54) is 18.5 Å². The Balaban J connectivity index is 0.000000204. The highest BCUT2D eigenvalue weighted by Crippen LogP contribution is 2.32. The fourth-order valence-electron chi connectivity index (χ4n) is 4.18. The first-order chi connectivity index (χ1) is 14.2. The second-order valence-electron chi connectivity index (χ2n) is 8.01. The highest BCUT2D eigenvalue weighted by molar-refractivity contribution is 5.95. The Hall–Kier alpha value is -2.65. The largest absolute Gasteiger partial charge is 0.371 e. The standard InChI is InChI=1S/C16H17N3.C7H14N2O/c1-2-12-7-9-19(11-12)15-6-5-13(10-17)16-14(15)4-3-8-18-16;1-9-4-2-7(3-5-9)8-6-10/h3-6,8,12H,2,7,9,11H2,1H3;6-7H,2-5H2,1H3,(H,8,10)/t12-;/m0./s1. The van der Waals surface area contributed by atoms with Crippen molar-refractivity contribution in [2.45, 2.75) is 38.6 Å². The first kappa shape index (κ1) is 21.1. The predicted molar refractivity (Wildman–Crippen MR) is 117 cm³/mol. The molecule has 1 aromatic carbocycles. The molecular formula is C23H31N5O. The molecule has 1 aromatic heterocycles. The molecule has 2 aliphatic heterocycles. The Bertz CT molecular complexity index is 854. The van der Waals surface area contributed by atoms with Crippen molar-refractivity contribution in [2.24, 2.45) is 5.92 Å². The van der Waals surface area contributed by atoms with Gasteiger partial charge in [0.15, 0.2) is 0 Å². The van der Waals surface area contributed by atoms with E-state index in [0.717, 1.165) is 62.3 Å². The molecular weight excluding hydrogens is 362 g/mol. The van der Waals surface area contributed by atoms with Crippen LogP contribution in [0.15, 0.2) is 30.5 Å². The monoisotopic (exact) mass is 393 g/mol. The summed E-state index contributed by atoms with van der Waals surface area (Å²) < 4.78 is 0. The second kappa shape index (κ2) is 10.2. The number of rotatable bonds is 4. The summed E-state index contributed by atoms with van der Waals surface area (Å²) in [6, 6.07) is 10.6. The Morgan fingerprint density at radius 2 is 2.03 bits per heavy atom. The number of amides is 1. The number of hydrogen-bond donors (Lipinski definition) is 1. The highest BCUT2D eigenvalue weighted by Gasteiger charge is 2.23. The van der Waals surface area contributed by atoms with Gasteiger partial charge in [-0.3, -0.25) is 9.78 Å². The number of nitriles is 1. The number of likely N-dealkylation sites (tertiary alicyclic amines) is 1. The van der Waals surface area contributed by atoms with E-state index in [2.05, 4.69) is 52.3 Å². The maximum atomic E-state index is 10.0. The number of carbonyl (C=O) groups excluding carboxylic acids is 1. The summed E-state index contributed by atoms with van der Waals surface area (Å²) in [7, 11) is 2.11. The SMILES string of the molecule is CC[C@H]1CCN(c2ccc(C#N)c3ncccc23)C1.CN1CCC(NC=O)CC1. The molecule has 0 saturated carbocycles. The van der Waals surface area contributed by atoms with Gasteiger partial charge in [0, 0.05) is 36.4 Å². The van der Waals surface area contributed by atoms with Crippen LogP contribution in [0.25, 0.3) is 10.9 Å². The van der Waals surface area contributed by atoms with Crippen LogP contribution in [0.3, 0.4) is 0 Å². The van der Waals surface area contributed by atoms with Gasteiger partial charge >= 0.3 is 0 Å². The first-order valence-electron chi connectivity index (χ1n) is 10.6. The smallest absolute Gasteiger partial charge is 0.207 e. The number of aromatic nitrogens is 1. The third-order valence-corrected chi connectivity index (χ3v) is 6.09. The zero-order chi connectivity index (χ0) is 20.6. The van der Waals surface area contributed by atoms with Crippen molar-refractivity contribution in [3.63, 3.8) is 0 Å². The lowest BCUT2D eigenvalue weighted by Gasteiger charge is -2.28. The number of carbonyl (C=O) groups is 1. The number of anilines is 1. The van der Waals surface area contributed by atoms with E-state index in [1.807, 2.05) is 12.1 Å². The minimum absolute atomic E-state index is 0.425. The van der Waals surface area contributed by atoms with Gasteiger partial charge in [-0.25, -0.2) is 0 Å². The van der Waals surface area contributed by atoms with Gasteiger partial charge in [0.2, 0.25) is 6.41 Å². The lowest BCUT2D eigenvalue weighted by atomic mass is 10.1. The summed E-state index contributed by atoms with van der Waals surface area (Å²) in [6.45, 7) is 6.68. The molecule has 1 N–H and O–H groups in total. The van der Waals surface area contributed by atoms with E-state index < -0.39 is 0 Å². The van der Waals surface area contributed by atoms with E-state index in [0.29, 0.717) is 11.6 Å². The van der Waals surface area contributed by atoms with Gasteiger partial charge in [-0.1, -0.05) is 13.3 Å². The van der Waals surface area contributed by atoms with Crippen LogP contribution in [-0.2, 0) is 4.79 Å². The van der Waals surface area contributed by atoms with Crippen LogP contribution in [0.4, 0.5) is 5.69 Å². The molecule has 6 heteroatoms. The maximum Gasteiger partial charge on any atom is 0.207 e. The van der Waals surface area contributed by atoms with Crippen molar-refractivity contribution in [3.05, 3.63) is 36.0 Å². The minimum Gasteiger partial charge on any atom is -0.371 e. The minimum atomic E-state index is 0.425. The molecule has 2 saturated heterocycles. The molecule has 0 bridgehead atoms. The number of hydrogen-bond acceptors (Lipinski definition) is 5. The molecule has 2 fully saturated rings. The van der Waals surface area contributed by atoms with Gasteiger partial charge < -0.3 is 15.1 Å². The summed E-state index contributed by atoms with van der Waals surface area (Å²) in [5.41, 5.74) is 2.70. The van der Waals surface area contributed by atoms with E-state index in [4.69, 9.17) is 5.26 Å². The van der Waals surface area contributed by atoms with Crippen LogP contribution in [0.2, 0.25) is 0 Å². The summed E-state index contributed by atoms with van der Waals surface area (Å²) in [5, 5.41) is 13.1. The molecule has 0 aliphatic carbocycles. The van der Waals surface area contributed by atoms with Crippen molar-refractivity contribution < 1.29 is 4.79 Å². The number of piperidine rings is 1. The molecule has 4 rings (SSSR count). The van der Waals surface area contributed by atoms with Crippen LogP contribution >= 0.6 is 0 Å². The van der Waals surface area contributed by atoms with Gasteiger partial charge in [-0.2, -0.15) is 5.26 Å². The van der Waals surface area contributed by atoms with E-state index in [9.17, 15) is 4.79 Å². The molecule has 2 aliphatic rings. The van der Waals surface area contributed by atoms with Crippen molar-refractivity contribution in [1.29, 1.82) is 5.26 Å². The molecule has 2 aromatic rings. The van der Waals surface area contributed by atoms with Crippen LogP contribution in [0, 0.1) is 17.2 Å². The predicted octanol–water partition coefficient (Wildman–Crippen LogP) is 3.17. The van der Waals surface area contributed by atoms with Gasteiger partial charge in [0.05, 0.1) is 11.1 Å². The highest BCUT2D eigenvalue weighted by atomic mass is 16.1. The van der Waals surface area contributed by atoms with Crippen molar-refractivity contribution in [2.75, 3.05) is 38.1 Å². The normalized spacial score (nSPS) is 20.0. The summed E-state index contributed by atoms with van der Waals surface area (Å²) in [4.78, 5) is 19.1. The second-order valence-corrected chi connectivity index (χ2v) is 8.01. The summed E-state index contributed by atoms with van der Waals surface area (Å²) in [6.07, 6.45) is 7.24. The molecule has 0 radical (unpaired) electrons. The molecule has 1 amide bonds. The quantitative estimate of drug-likeness (QED) is 0.808. The Labute approximate surface area is 173 Å². The van der Waals surface area contributed by atoms with Gasteiger partial charge in [0.25, 0.3) is 0 Å². The number of fused-ring (bicyclic) bond motifs is 1. The lowest BCUT2D eigenvalue weighted by Crippen LogP contribution is -2.40. The van der Waals surface area contributed by atoms with E-state index in [1.54, 1.807) is 6.20 Å². The van der Waals surface area contributed by atoms with Gasteiger partial charge in [-0.15, -0.1) is 0 Å². The average Bonchev–Trinajstić information content (AvgIpc) is 3.24. The van der Waals surface area contributed by atoms with Gasteiger partial charge in [-0.05, 0) is 69.6 Å². The Morgan fingerprint density at radius 3 is 2.69 bits per heavy atom. The van der Waals surface area contributed by atoms with Crippen molar-refractivity contribution in [3.8, 4) is 6.07 Å². The van der Waals surface area contributed by atoms with Crippen LogP contribution in [0.5, 0.6) is 0 Å². The van der Waals surface area contributed by atoms with Crippen LogP contribution in [0.1, 0.15) is 38.2 Å². The fourth-order valence-corrected chi connectivity index (χ4v) is 4.18. The molecule has 0 unspecified atom stereocenters. The number of nitrogens with zero attached hydrogens (tertiary/aromatic N) is 4. The molecule has 1 atom stereocenters. The number of nitrogens with one attached hydrogen (secondary N) is 1. The van der Waals surface area contributed by atoms with Crippen LogP contribution < -0.4 is 10.2 Å². The van der Waals surface area contributed by atoms with Gasteiger partial charge in [0.1, 0.15) is 6.07 Å². The Kier molecular flexibility index (Phi) is 7.42. The van der Waals surface area contributed by atoms with E-state index in [-0.39, 0.29) is 0 Å². The molecule has 0 spiro atoms. The van der Waals surface area contributed by atoms with Crippen LogP contribution in [-0.4, -0.2) is 55.6 Å². The maximum absolute atomic E-state index is 10.0. The summed E-state index contributed by atoms with van der Waals surface area (Å²) in [5.74, 6) is 0.794. The zero-order valence-electron chi connectivity index (χ0n) is 17.5. The average molecular weight is 394 g/mol. The third-order valence-electron chi connectivity index (χ3n) is 6.09. The third kappa shape index (κ3) is 5.24. The van der Waals surface area contributed by atoms with Crippen molar-refractivity contribution >= 4 is 23.0 Å². The molecule has 154 valence electrons. The molecule has 6 nitrogen and oxygen atoms in total. The zero-order valence-corrected chi connectivity index (χ0v) is 17.5. The molecule has 29 heavy (non-hydrogen) atoms. The Morgan fingerprint density at radius 1 is 1.24 bits per heavy atom. The fraction of sp³-hybridized carbons (Fsp3) is 0.522. The molecule has 3 heterocycles. The van der Waals surface area contributed by atoms with Crippen molar-refractivity contribution in [1.82, 2.24) is 15.2 Å². The number of benzene rings is 1. The lowest BCUT2D eigenvalue weighted by molar-refractivity contribution is -0.110. The first-order valence-corrected chi connectivity index (χ1v) is 10.6. The topological polar surface area (TPSA) is 72.3 Å².